The van der Waals surface area contributed by atoms with Gasteiger partial charge in [-0.1, -0.05) is 78.1 Å². The van der Waals surface area contributed by atoms with Crippen molar-refractivity contribution in [1.82, 2.24) is 9.97 Å². The van der Waals surface area contributed by atoms with Crippen molar-refractivity contribution in [2.45, 2.75) is 110 Å². The molecule has 6 nitrogen and oxygen atoms in total. The summed E-state index contributed by atoms with van der Waals surface area (Å²) in [6.07, 6.45) is 18.6. The lowest BCUT2D eigenvalue weighted by Crippen LogP contribution is -2.20. The molecule has 0 aliphatic rings. The van der Waals surface area contributed by atoms with Crippen LogP contribution in [0, 0.1) is 0 Å². The molecule has 43 heavy (non-hydrogen) atoms. The summed E-state index contributed by atoms with van der Waals surface area (Å²) in [6, 6.07) is 13.0. The van der Waals surface area contributed by atoms with Gasteiger partial charge in [0.2, 0.25) is 0 Å². The number of benzene rings is 2. The van der Waals surface area contributed by atoms with Crippen LogP contribution in [0.5, 0.6) is 5.75 Å². The molecule has 0 fully saturated rings. The van der Waals surface area contributed by atoms with Crippen LogP contribution in [0.25, 0.3) is 11.4 Å². The highest BCUT2D eigenvalue weighted by Gasteiger charge is 2.17. The molecule has 1 atom stereocenters. The molecule has 1 unspecified atom stereocenters. The molecule has 0 aliphatic heterocycles. The van der Waals surface area contributed by atoms with Gasteiger partial charge >= 0.3 is 11.9 Å². The Kier molecular flexibility index (Phi) is 15.4. The summed E-state index contributed by atoms with van der Waals surface area (Å²) < 4.78 is 24.3. The second-order valence-electron chi connectivity index (χ2n) is 11.2. The fourth-order valence-corrected chi connectivity index (χ4v) is 4.86. The van der Waals surface area contributed by atoms with Crippen LogP contribution in [0.2, 0.25) is 0 Å². The number of rotatable bonds is 20. The van der Waals surface area contributed by atoms with Gasteiger partial charge in [-0.25, -0.2) is 23.9 Å². The maximum Gasteiger partial charge on any atom is 0.343 e. The van der Waals surface area contributed by atoms with Crippen molar-refractivity contribution >= 4 is 11.9 Å². The molecule has 3 rings (SSSR count). The van der Waals surface area contributed by atoms with Crippen LogP contribution >= 0.6 is 0 Å². The van der Waals surface area contributed by atoms with E-state index < -0.39 is 24.7 Å². The summed E-state index contributed by atoms with van der Waals surface area (Å²) >= 11 is 0. The largest absolute Gasteiger partial charge is 0.456 e. The van der Waals surface area contributed by atoms with Crippen molar-refractivity contribution in [3.05, 3.63) is 77.6 Å². The first kappa shape index (κ1) is 33.9. The van der Waals surface area contributed by atoms with E-state index in [4.69, 9.17) is 9.47 Å². The van der Waals surface area contributed by atoms with Gasteiger partial charge in [0.15, 0.2) is 5.82 Å². The lowest BCUT2D eigenvalue weighted by molar-refractivity contribution is 0.0211. The van der Waals surface area contributed by atoms with E-state index in [0.29, 0.717) is 23.6 Å². The molecule has 2 aromatic carbocycles. The molecule has 1 heterocycles. The molecular formula is C36H47FN2O4. The van der Waals surface area contributed by atoms with Crippen LogP contribution < -0.4 is 4.74 Å². The minimum Gasteiger partial charge on any atom is -0.456 e. The van der Waals surface area contributed by atoms with E-state index in [-0.39, 0.29) is 5.56 Å². The van der Waals surface area contributed by atoms with Crippen LogP contribution in [0.4, 0.5) is 4.39 Å². The Hall–Kier alpha value is -3.61. The Morgan fingerprint density at radius 3 is 1.81 bits per heavy atom. The Morgan fingerprint density at radius 1 is 0.698 bits per heavy atom. The van der Waals surface area contributed by atoms with E-state index in [2.05, 4.69) is 23.8 Å². The predicted octanol–water partition coefficient (Wildman–Crippen LogP) is 9.51. The maximum absolute atomic E-state index is 13.4. The number of hydrogen-bond acceptors (Lipinski definition) is 6. The molecule has 3 aromatic rings. The molecular weight excluding hydrogens is 543 g/mol. The number of halogens is 1. The molecule has 0 radical (unpaired) electrons. The number of carbonyl (C=O) groups is 2. The van der Waals surface area contributed by atoms with Gasteiger partial charge in [-0.05, 0) is 79.8 Å². The summed E-state index contributed by atoms with van der Waals surface area (Å²) in [7, 11) is 0. The SMILES string of the molecule is CCCCCCCCc1cnc(-c2ccc(OC(=O)c3ccc(C(=O)OC(CF)CCCCCCCC)cc3)cc2)nc1. The molecule has 0 saturated heterocycles. The van der Waals surface area contributed by atoms with Crippen molar-refractivity contribution in [1.29, 1.82) is 0 Å². The van der Waals surface area contributed by atoms with Gasteiger partial charge in [0, 0.05) is 18.0 Å². The van der Waals surface area contributed by atoms with Crippen LogP contribution in [0.3, 0.4) is 0 Å². The molecule has 232 valence electrons. The van der Waals surface area contributed by atoms with Gasteiger partial charge in [0.1, 0.15) is 18.5 Å². The predicted molar refractivity (Wildman–Crippen MR) is 169 cm³/mol. The van der Waals surface area contributed by atoms with Gasteiger partial charge in [-0.2, -0.15) is 0 Å². The zero-order valence-electron chi connectivity index (χ0n) is 25.9. The molecule has 0 spiro atoms. The van der Waals surface area contributed by atoms with E-state index in [0.717, 1.165) is 43.2 Å². The zero-order valence-corrected chi connectivity index (χ0v) is 25.9. The molecule has 0 aliphatic carbocycles. The van der Waals surface area contributed by atoms with Gasteiger partial charge < -0.3 is 9.47 Å². The lowest BCUT2D eigenvalue weighted by Gasteiger charge is -2.15. The van der Waals surface area contributed by atoms with Gasteiger partial charge in [-0.3, -0.25) is 0 Å². The lowest BCUT2D eigenvalue weighted by atomic mass is 10.1. The standard InChI is InChI=1S/C36H47FN2O4/c1-3-5-7-9-11-13-15-28-26-38-34(39-27-28)29-21-23-32(24-22-29)42-35(40)30-17-19-31(20-18-30)36(41)43-33(25-37)16-14-12-10-8-6-4-2/h17-24,26-27,33H,3-16,25H2,1-2H3. The number of nitrogens with zero attached hydrogens (tertiary/aromatic N) is 2. The Balaban J connectivity index is 1.44. The second-order valence-corrected chi connectivity index (χ2v) is 11.2. The molecule has 7 heteroatoms. The number of alkyl halides is 1. The molecule has 1 aromatic heterocycles. The zero-order chi connectivity index (χ0) is 30.7. The first-order valence-electron chi connectivity index (χ1n) is 16.0. The van der Waals surface area contributed by atoms with Crippen LogP contribution in [-0.2, 0) is 11.2 Å². The highest BCUT2D eigenvalue weighted by Crippen LogP contribution is 2.21. The third-order valence-corrected chi connectivity index (χ3v) is 7.53. The maximum atomic E-state index is 13.4. The number of aryl methyl sites for hydroxylation is 1. The van der Waals surface area contributed by atoms with Gasteiger partial charge in [-0.15, -0.1) is 0 Å². The fourth-order valence-electron chi connectivity index (χ4n) is 4.86. The fraction of sp³-hybridized carbons (Fsp3) is 0.500. The van der Waals surface area contributed by atoms with E-state index in [9.17, 15) is 14.0 Å². The summed E-state index contributed by atoms with van der Waals surface area (Å²) in [5.74, 6) is -0.138. The highest BCUT2D eigenvalue weighted by atomic mass is 19.1. The first-order valence-corrected chi connectivity index (χ1v) is 16.0. The molecule has 0 bridgehead atoms. The number of aromatic nitrogens is 2. The molecule has 0 saturated carbocycles. The number of ether oxygens (including phenoxy) is 2. The summed E-state index contributed by atoms with van der Waals surface area (Å²) in [4.78, 5) is 34.2. The Labute approximate surface area is 256 Å². The van der Waals surface area contributed by atoms with Crippen LogP contribution in [0.15, 0.2) is 60.9 Å². The summed E-state index contributed by atoms with van der Waals surface area (Å²) in [5.41, 5.74) is 2.52. The van der Waals surface area contributed by atoms with Crippen molar-refractivity contribution < 1.29 is 23.5 Å². The normalized spacial score (nSPS) is 11.7. The molecule has 0 N–H and O–H groups in total. The first-order chi connectivity index (χ1) is 21.0. The van der Waals surface area contributed by atoms with E-state index in [1.165, 1.54) is 75.6 Å². The minimum absolute atomic E-state index is 0.264. The van der Waals surface area contributed by atoms with Crippen LogP contribution in [-0.4, -0.2) is 34.7 Å². The number of carbonyl (C=O) groups excluding carboxylic acids is 2. The van der Waals surface area contributed by atoms with E-state index >= 15 is 0 Å². The topological polar surface area (TPSA) is 78.4 Å². The Bertz CT molecular complexity index is 1210. The monoisotopic (exact) mass is 590 g/mol. The summed E-state index contributed by atoms with van der Waals surface area (Å²) in [5, 5.41) is 0. The minimum atomic E-state index is -0.750. The quantitative estimate of drug-likeness (QED) is 0.0741. The third kappa shape index (κ3) is 12.3. The van der Waals surface area contributed by atoms with Crippen molar-refractivity contribution in [3.8, 4) is 17.1 Å². The average Bonchev–Trinajstić information content (AvgIpc) is 3.04. The van der Waals surface area contributed by atoms with E-state index in [1.807, 2.05) is 24.5 Å². The van der Waals surface area contributed by atoms with Crippen molar-refractivity contribution in [3.63, 3.8) is 0 Å². The summed E-state index contributed by atoms with van der Waals surface area (Å²) in [6.45, 7) is 3.69. The van der Waals surface area contributed by atoms with Gasteiger partial charge in [0.25, 0.3) is 0 Å². The van der Waals surface area contributed by atoms with Crippen molar-refractivity contribution in [2.75, 3.05) is 6.67 Å². The van der Waals surface area contributed by atoms with E-state index in [1.54, 1.807) is 12.1 Å². The van der Waals surface area contributed by atoms with Gasteiger partial charge in [0.05, 0.1) is 11.1 Å². The Morgan fingerprint density at radius 2 is 1.23 bits per heavy atom. The smallest absolute Gasteiger partial charge is 0.343 e. The number of unbranched alkanes of at least 4 members (excludes halogenated alkanes) is 10. The van der Waals surface area contributed by atoms with Crippen LogP contribution in [0.1, 0.15) is 124 Å². The number of hydrogen-bond donors (Lipinski definition) is 0. The molecule has 0 amide bonds. The number of esters is 2. The second kappa shape index (κ2) is 19.6. The van der Waals surface area contributed by atoms with Crippen molar-refractivity contribution in [2.24, 2.45) is 0 Å². The average molecular weight is 591 g/mol. The highest BCUT2D eigenvalue weighted by molar-refractivity contribution is 5.94. The third-order valence-electron chi connectivity index (χ3n) is 7.53.